The molecular weight excluding hydrogens is 306 g/mol. The lowest BCUT2D eigenvalue weighted by molar-refractivity contribution is 0.215. The van der Waals surface area contributed by atoms with E-state index in [2.05, 4.69) is 20.5 Å². The van der Waals surface area contributed by atoms with Crippen molar-refractivity contribution in [3.8, 4) is 11.6 Å². The Kier molecular flexibility index (Phi) is 3.97. The summed E-state index contributed by atoms with van der Waals surface area (Å²) >= 11 is 6.11. The van der Waals surface area contributed by atoms with Gasteiger partial charge in [-0.3, -0.25) is 5.32 Å². The second-order valence-electron chi connectivity index (χ2n) is 4.18. The minimum absolute atomic E-state index is 0.300. The monoisotopic (exact) mass is 315 g/mol. The number of nitrogens with one attached hydrogen (secondary N) is 1. The van der Waals surface area contributed by atoms with Crippen molar-refractivity contribution in [3.63, 3.8) is 0 Å². The number of carbonyl (C=O) groups is 1. The van der Waals surface area contributed by atoms with E-state index in [-0.39, 0.29) is 0 Å². The Balaban J connectivity index is 1.71. The highest BCUT2D eigenvalue weighted by Gasteiger charge is 2.10. The van der Waals surface area contributed by atoms with Crippen LogP contribution >= 0.6 is 11.6 Å². The molecule has 2 aromatic heterocycles. The van der Waals surface area contributed by atoms with Crippen molar-refractivity contribution in [2.75, 3.05) is 5.32 Å². The second-order valence-corrected chi connectivity index (χ2v) is 4.58. The summed E-state index contributed by atoms with van der Waals surface area (Å²) in [5.74, 6) is 0.810. The van der Waals surface area contributed by atoms with Gasteiger partial charge < -0.3 is 4.74 Å². The lowest BCUT2D eigenvalue weighted by Crippen LogP contribution is -2.17. The average Bonchev–Trinajstić information content (AvgIpc) is 3.02. The molecule has 110 valence electrons. The fraction of sp³-hybridized carbons (Fsp3) is 0. The fourth-order valence-corrected chi connectivity index (χ4v) is 1.95. The van der Waals surface area contributed by atoms with Gasteiger partial charge in [-0.2, -0.15) is 10.2 Å². The number of hydrogen-bond donors (Lipinski definition) is 1. The molecule has 0 fully saturated rings. The first-order valence-corrected chi connectivity index (χ1v) is 6.66. The van der Waals surface area contributed by atoms with E-state index in [0.717, 1.165) is 0 Å². The highest BCUT2D eigenvalue weighted by Crippen LogP contribution is 2.21. The zero-order chi connectivity index (χ0) is 15.4. The molecule has 0 spiro atoms. The third kappa shape index (κ3) is 3.21. The highest BCUT2D eigenvalue weighted by atomic mass is 35.5. The van der Waals surface area contributed by atoms with E-state index in [9.17, 15) is 4.79 Å². The van der Waals surface area contributed by atoms with Crippen LogP contribution in [0.4, 0.5) is 10.5 Å². The van der Waals surface area contributed by atoms with Crippen molar-refractivity contribution in [3.05, 3.63) is 60.0 Å². The van der Waals surface area contributed by atoms with Gasteiger partial charge in [0.05, 0.1) is 29.3 Å². The molecule has 1 N–H and O–H groups in total. The molecule has 0 saturated heterocycles. The van der Waals surface area contributed by atoms with Crippen LogP contribution in [0.5, 0.6) is 5.75 Å². The number of aromatic nitrogens is 4. The van der Waals surface area contributed by atoms with Gasteiger partial charge in [-0.05, 0) is 18.2 Å². The number of nitrogens with zero attached hydrogens (tertiary/aromatic N) is 4. The molecule has 0 radical (unpaired) electrons. The van der Waals surface area contributed by atoms with Gasteiger partial charge in [0.1, 0.15) is 5.75 Å². The molecule has 0 unspecified atom stereocenters. The number of carbonyl (C=O) groups excluding carboxylic acids is 1. The maximum absolute atomic E-state index is 11.8. The lowest BCUT2D eigenvalue weighted by Gasteiger charge is -2.08. The van der Waals surface area contributed by atoms with Crippen molar-refractivity contribution in [1.29, 1.82) is 0 Å². The van der Waals surface area contributed by atoms with Gasteiger partial charge >= 0.3 is 6.09 Å². The van der Waals surface area contributed by atoms with Gasteiger partial charge in [-0.25, -0.2) is 9.78 Å². The Morgan fingerprint density at radius 3 is 2.59 bits per heavy atom. The normalized spacial score (nSPS) is 10.2. The van der Waals surface area contributed by atoms with Crippen LogP contribution in [0, 0.1) is 0 Å². The maximum atomic E-state index is 11.8. The average molecular weight is 316 g/mol. The van der Waals surface area contributed by atoms with Crippen LogP contribution in [-0.4, -0.2) is 26.1 Å². The molecule has 3 aromatic rings. The number of halogens is 1. The van der Waals surface area contributed by atoms with Gasteiger partial charge in [0, 0.05) is 0 Å². The van der Waals surface area contributed by atoms with Gasteiger partial charge in [0.25, 0.3) is 0 Å². The lowest BCUT2D eigenvalue weighted by atomic mass is 10.3. The first kappa shape index (κ1) is 14.0. The Morgan fingerprint density at radius 1 is 1.18 bits per heavy atom. The first-order valence-electron chi connectivity index (χ1n) is 6.28. The van der Waals surface area contributed by atoms with Gasteiger partial charge in [0.2, 0.25) is 0 Å². The molecular formula is C14H10ClN5O2. The minimum atomic E-state index is -0.631. The quantitative estimate of drug-likeness (QED) is 0.803. The van der Waals surface area contributed by atoms with Crippen LogP contribution < -0.4 is 10.1 Å². The van der Waals surface area contributed by atoms with Gasteiger partial charge in [-0.1, -0.05) is 29.8 Å². The summed E-state index contributed by atoms with van der Waals surface area (Å²) in [6, 6.07) is 10.3. The molecule has 0 aliphatic rings. The predicted molar refractivity (Wildman–Crippen MR) is 80.3 cm³/mol. The third-order valence-corrected chi connectivity index (χ3v) is 2.91. The summed E-state index contributed by atoms with van der Waals surface area (Å²) in [6.07, 6.45) is 3.84. The Morgan fingerprint density at radius 2 is 1.91 bits per heavy atom. The number of hydrogen-bond acceptors (Lipinski definition) is 5. The molecule has 0 aliphatic heterocycles. The molecule has 0 saturated carbocycles. The Bertz CT molecular complexity index is 777. The fourth-order valence-electron chi connectivity index (χ4n) is 1.71. The van der Waals surface area contributed by atoms with Crippen molar-refractivity contribution < 1.29 is 9.53 Å². The van der Waals surface area contributed by atoms with E-state index >= 15 is 0 Å². The molecule has 0 bridgehead atoms. The summed E-state index contributed by atoms with van der Waals surface area (Å²) in [4.78, 5) is 17.2. The van der Waals surface area contributed by atoms with Crippen LogP contribution in [0.15, 0.2) is 55.0 Å². The maximum Gasteiger partial charge on any atom is 0.417 e. The Hall–Kier alpha value is -2.93. The van der Waals surface area contributed by atoms with E-state index in [4.69, 9.17) is 16.3 Å². The SMILES string of the molecule is O=C(Nc1cnc(-n2nccn2)c(Cl)c1)Oc1ccccc1. The molecule has 3 rings (SSSR count). The predicted octanol–water partition coefficient (Wildman–Crippen LogP) is 2.93. The second kappa shape index (κ2) is 6.23. The molecule has 1 aromatic carbocycles. The number of ether oxygens (including phenoxy) is 1. The first-order chi connectivity index (χ1) is 10.7. The minimum Gasteiger partial charge on any atom is -0.410 e. The summed E-state index contributed by atoms with van der Waals surface area (Å²) in [6.45, 7) is 0. The van der Waals surface area contributed by atoms with Crippen molar-refractivity contribution in [2.24, 2.45) is 0 Å². The van der Waals surface area contributed by atoms with Crippen LogP contribution in [0.25, 0.3) is 5.82 Å². The summed E-state index contributed by atoms with van der Waals surface area (Å²) in [7, 11) is 0. The smallest absolute Gasteiger partial charge is 0.410 e. The van der Waals surface area contributed by atoms with Crippen LogP contribution in [0.1, 0.15) is 0 Å². The van der Waals surface area contributed by atoms with Crippen LogP contribution in [-0.2, 0) is 0 Å². The van der Waals surface area contributed by atoms with Gasteiger partial charge in [-0.15, -0.1) is 4.80 Å². The van der Waals surface area contributed by atoms with Crippen molar-refractivity contribution in [1.82, 2.24) is 20.0 Å². The molecule has 0 aliphatic carbocycles. The zero-order valence-electron chi connectivity index (χ0n) is 11.2. The number of anilines is 1. The molecule has 22 heavy (non-hydrogen) atoms. The summed E-state index contributed by atoms with van der Waals surface area (Å²) < 4.78 is 5.11. The van der Waals surface area contributed by atoms with Crippen LogP contribution in [0.3, 0.4) is 0 Å². The van der Waals surface area contributed by atoms with E-state index in [1.807, 2.05) is 6.07 Å². The van der Waals surface area contributed by atoms with Crippen molar-refractivity contribution >= 4 is 23.4 Å². The van der Waals surface area contributed by atoms with Gasteiger partial charge in [0.15, 0.2) is 5.82 Å². The topological polar surface area (TPSA) is 81.9 Å². The Labute approximate surface area is 130 Å². The van der Waals surface area contributed by atoms with E-state index in [0.29, 0.717) is 22.3 Å². The largest absolute Gasteiger partial charge is 0.417 e. The van der Waals surface area contributed by atoms with E-state index < -0.39 is 6.09 Å². The highest BCUT2D eigenvalue weighted by molar-refractivity contribution is 6.32. The molecule has 7 nitrogen and oxygen atoms in total. The zero-order valence-corrected chi connectivity index (χ0v) is 11.9. The number of para-hydroxylation sites is 1. The summed E-state index contributed by atoms with van der Waals surface area (Å²) in [5, 5.41) is 10.7. The number of amides is 1. The number of rotatable bonds is 3. The number of benzene rings is 1. The van der Waals surface area contributed by atoms with Crippen LogP contribution in [0.2, 0.25) is 5.02 Å². The molecule has 1 amide bonds. The molecule has 8 heteroatoms. The van der Waals surface area contributed by atoms with Crippen molar-refractivity contribution in [2.45, 2.75) is 0 Å². The number of pyridine rings is 1. The van der Waals surface area contributed by atoms with E-state index in [1.165, 1.54) is 23.4 Å². The summed E-state index contributed by atoms with van der Waals surface area (Å²) in [5.41, 5.74) is 0.404. The standard InChI is InChI=1S/C14H10ClN5O2/c15-12-8-10(9-16-13(12)20-17-6-7-18-20)19-14(21)22-11-4-2-1-3-5-11/h1-9H,(H,19,21). The van der Waals surface area contributed by atoms with E-state index in [1.54, 1.807) is 30.3 Å². The molecule has 2 heterocycles. The molecule has 0 atom stereocenters. The third-order valence-electron chi connectivity index (χ3n) is 2.63.